The number of fused-ring (bicyclic) bond motifs is 1. The Morgan fingerprint density at radius 1 is 0.897 bits per heavy atom. The van der Waals surface area contributed by atoms with Crippen LogP contribution in [-0.4, -0.2) is 54.0 Å². The number of nitrogens with zero attached hydrogens (tertiary/aromatic N) is 2. The van der Waals surface area contributed by atoms with Gasteiger partial charge in [-0.25, -0.2) is 12.7 Å². The maximum atomic E-state index is 13.8. The van der Waals surface area contributed by atoms with Gasteiger partial charge >= 0.3 is 0 Å². The van der Waals surface area contributed by atoms with E-state index < -0.39 is 27.9 Å². The molecule has 39 heavy (non-hydrogen) atoms. The monoisotopic (exact) mass is 547 g/mol. The molecule has 0 bridgehead atoms. The van der Waals surface area contributed by atoms with Crippen molar-refractivity contribution in [3.63, 3.8) is 0 Å². The molecule has 0 saturated carbocycles. The normalized spacial score (nSPS) is 15.3. The van der Waals surface area contributed by atoms with Crippen molar-refractivity contribution in [3.05, 3.63) is 102 Å². The number of sulfonamides is 1. The van der Waals surface area contributed by atoms with Crippen LogP contribution < -0.4 is 5.32 Å². The summed E-state index contributed by atoms with van der Waals surface area (Å²) in [5.74, 6) is -1.35. The SMILES string of the molecule is CC[C@H](C)NC(=O)[C@@H](Cc1ccccc1)N(Cc1ccccc1)C(=O)CCN1C(=O)c2ccccc2S1(=O)=O. The summed E-state index contributed by atoms with van der Waals surface area (Å²) in [7, 11) is -4.05. The van der Waals surface area contributed by atoms with Gasteiger partial charge in [0.15, 0.2) is 0 Å². The summed E-state index contributed by atoms with van der Waals surface area (Å²) in [6, 6.07) is 23.9. The third kappa shape index (κ3) is 6.37. The maximum Gasteiger partial charge on any atom is 0.269 e. The second kappa shape index (κ2) is 12.3. The number of amides is 3. The van der Waals surface area contributed by atoms with Gasteiger partial charge in [0.25, 0.3) is 15.9 Å². The summed E-state index contributed by atoms with van der Waals surface area (Å²) in [6.45, 7) is 3.72. The molecule has 0 fully saturated rings. The summed E-state index contributed by atoms with van der Waals surface area (Å²) in [5, 5.41) is 3.01. The van der Waals surface area contributed by atoms with Crippen molar-refractivity contribution >= 4 is 27.7 Å². The number of carbonyl (C=O) groups is 3. The van der Waals surface area contributed by atoms with E-state index in [-0.39, 0.29) is 48.3 Å². The average molecular weight is 548 g/mol. The van der Waals surface area contributed by atoms with Crippen molar-refractivity contribution in [2.45, 2.75) is 56.6 Å². The van der Waals surface area contributed by atoms with E-state index in [2.05, 4.69) is 5.32 Å². The molecule has 0 aliphatic carbocycles. The predicted molar refractivity (Wildman–Crippen MR) is 148 cm³/mol. The Morgan fingerprint density at radius 2 is 1.49 bits per heavy atom. The molecule has 1 heterocycles. The third-order valence-corrected chi connectivity index (χ3v) is 8.75. The van der Waals surface area contributed by atoms with Crippen LogP contribution in [0.5, 0.6) is 0 Å². The first kappa shape index (κ1) is 28.0. The van der Waals surface area contributed by atoms with Crippen LogP contribution >= 0.6 is 0 Å². The van der Waals surface area contributed by atoms with Crippen LogP contribution in [0.15, 0.2) is 89.8 Å². The van der Waals surface area contributed by atoms with Gasteiger partial charge in [-0.2, -0.15) is 0 Å². The van der Waals surface area contributed by atoms with Crippen LogP contribution in [0, 0.1) is 0 Å². The number of hydrogen-bond donors (Lipinski definition) is 1. The molecule has 0 aromatic heterocycles. The van der Waals surface area contributed by atoms with Gasteiger partial charge in [-0.05, 0) is 36.6 Å². The molecule has 1 N–H and O–H groups in total. The van der Waals surface area contributed by atoms with Gasteiger partial charge in [0, 0.05) is 32.0 Å². The minimum atomic E-state index is -4.05. The molecule has 1 aliphatic rings. The van der Waals surface area contributed by atoms with Crippen LogP contribution in [0.25, 0.3) is 0 Å². The highest BCUT2D eigenvalue weighted by atomic mass is 32.2. The minimum absolute atomic E-state index is 0.0570. The molecule has 8 nitrogen and oxygen atoms in total. The molecule has 0 saturated heterocycles. The van der Waals surface area contributed by atoms with E-state index >= 15 is 0 Å². The number of benzene rings is 3. The molecule has 3 amide bonds. The molecule has 4 rings (SSSR count). The Kier molecular flexibility index (Phi) is 8.81. The zero-order chi connectivity index (χ0) is 28.0. The van der Waals surface area contributed by atoms with Gasteiger partial charge in [0.2, 0.25) is 11.8 Å². The summed E-state index contributed by atoms with van der Waals surface area (Å²) >= 11 is 0. The van der Waals surface area contributed by atoms with Gasteiger partial charge in [0.05, 0.1) is 5.56 Å². The second-order valence-corrected chi connectivity index (χ2v) is 11.5. The first-order valence-electron chi connectivity index (χ1n) is 13.1. The van der Waals surface area contributed by atoms with Crippen LogP contribution in [0.3, 0.4) is 0 Å². The lowest BCUT2D eigenvalue weighted by molar-refractivity contribution is -0.141. The highest BCUT2D eigenvalue weighted by molar-refractivity contribution is 7.90. The first-order chi connectivity index (χ1) is 18.7. The molecule has 3 aromatic carbocycles. The van der Waals surface area contributed by atoms with E-state index in [1.165, 1.54) is 17.0 Å². The van der Waals surface area contributed by atoms with Gasteiger partial charge in [-0.3, -0.25) is 14.4 Å². The first-order valence-corrected chi connectivity index (χ1v) is 14.5. The molecule has 3 aromatic rings. The molecule has 0 spiro atoms. The Morgan fingerprint density at radius 3 is 2.10 bits per heavy atom. The van der Waals surface area contributed by atoms with E-state index in [0.717, 1.165) is 21.9 Å². The topological polar surface area (TPSA) is 104 Å². The van der Waals surface area contributed by atoms with Crippen molar-refractivity contribution in [1.29, 1.82) is 0 Å². The van der Waals surface area contributed by atoms with E-state index in [1.807, 2.05) is 74.5 Å². The fourth-order valence-electron chi connectivity index (χ4n) is 4.57. The van der Waals surface area contributed by atoms with Crippen molar-refractivity contribution in [2.75, 3.05) is 6.54 Å². The fourth-order valence-corrected chi connectivity index (χ4v) is 6.14. The second-order valence-electron chi connectivity index (χ2n) is 9.66. The minimum Gasteiger partial charge on any atom is -0.352 e. The Hall–Kier alpha value is -3.98. The number of rotatable bonds is 11. The Balaban J connectivity index is 1.62. The molecule has 2 atom stereocenters. The molecule has 204 valence electrons. The van der Waals surface area contributed by atoms with Gasteiger partial charge in [-0.15, -0.1) is 0 Å². The van der Waals surface area contributed by atoms with Crippen LogP contribution in [-0.2, 0) is 32.6 Å². The van der Waals surface area contributed by atoms with Gasteiger partial charge in [-0.1, -0.05) is 79.7 Å². The number of carbonyl (C=O) groups excluding carboxylic acids is 3. The molecule has 9 heteroatoms. The van der Waals surface area contributed by atoms with E-state index in [4.69, 9.17) is 0 Å². The standard InChI is InChI=1S/C30H33N3O5S/c1-3-22(2)31-29(35)26(20-23-12-6-4-7-13-23)32(21-24-14-8-5-9-15-24)28(34)18-19-33-30(36)25-16-10-11-17-27(25)39(33,37)38/h4-17,22,26H,3,18-21H2,1-2H3,(H,31,35)/t22-,26+/m0/s1. The zero-order valence-corrected chi connectivity index (χ0v) is 22.9. The molecular formula is C30H33N3O5S. The van der Waals surface area contributed by atoms with E-state index in [9.17, 15) is 22.8 Å². The van der Waals surface area contributed by atoms with Crippen LogP contribution in [0.2, 0.25) is 0 Å². The van der Waals surface area contributed by atoms with Gasteiger partial charge < -0.3 is 10.2 Å². The lowest BCUT2D eigenvalue weighted by atomic mass is 10.0. The lowest BCUT2D eigenvalue weighted by Gasteiger charge is -2.32. The summed E-state index contributed by atoms with van der Waals surface area (Å²) in [4.78, 5) is 41.7. The van der Waals surface area contributed by atoms with Gasteiger partial charge in [0.1, 0.15) is 10.9 Å². The summed E-state index contributed by atoms with van der Waals surface area (Å²) in [5.41, 5.74) is 1.82. The van der Waals surface area contributed by atoms with Crippen LogP contribution in [0.4, 0.5) is 0 Å². The van der Waals surface area contributed by atoms with Crippen molar-refractivity contribution in [3.8, 4) is 0 Å². The molecular weight excluding hydrogens is 514 g/mol. The third-order valence-electron chi connectivity index (χ3n) is 6.91. The predicted octanol–water partition coefficient (Wildman–Crippen LogP) is 3.78. The molecule has 1 aliphatic heterocycles. The average Bonchev–Trinajstić information content (AvgIpc) is 3.14. The fraction of sp³-hybridized carbons (Fsp3) is 0.300. The molecule has 0 unspecified atom stereocenters. The van der Waals surface area contributed by atoms with Crippen molar-refractivity contribution in [1.82, 2.24) is 14.5 Å². The highest BCUT2D eigenvalue weighted by Gasteiger charge is 2.41. The Labute approximate surface area is 229 Å². The number of hydrogen-bond acceptors (Lipinski definition) is 5. The van der Waals surface area contributed by atoms with Crippen molar-refractivity contribution < 1.29 is 22.8 Å². The summed E-state index contributed by atoms with van der Waals surface area (Å²) in [6.07, 6.45) is 0.758. The smallest absolute Gasteiger partial charge is 0.269 e. The maximum absolute atomic E-state index is 13.8. The molecule has 0 radical (unpaired) electrons. The van der Waals surface area contributed by atoms with E-state index in [1.54, 1.807) is 12.1 Å². The highest BCUT2D eigenvalue weighted by Crippen LogP contribution is 2.30. The van der Waals surface area contributed by atoms with E-state index in [0.29, 0.717) is 0 Å². The largest absolute Gasteiger partial charge is 0.352 e. The van der Waals surface area contributed by atoms with Crippen LogP contribution in [0.1, 0.15) is 48.2 Å². The quantitative estimate of drug-likeness (QED) is 0.394. The van der Waals surface area contributed by atoms with Crippen molar-refractivity contribution in [2.24, 2.45) is 0 Å². The lowest BCUT2D eigenvalue weighted by Crippen LogP contribution is -2.52. The number of nitrogens with one attached hydrogen (secondary N) is 1. The Bertz CT molecular complexity index is 1430. The zero-order valence-electron chi connectivity index (χ0n) is 22.1. The summed E-state index contributed by atoms with van der Waals surface area (Å²) < 4.78 is 26.8.